The molecule has 1 fully saturated rings. The second-order valence-electron chi connectivity index (χ2n) is 5.61. The molecule has 1 nitrogen and oxygen atoms in total. The zero-order valence-electron chi connectivity index (χ0n) is 11.3. The van der Waals surface area contributed by atoms with Crippen molar-refractivity contribution in [1.82, 2.24) is 0 Å². The number of aliphatic hydroxyl groups excluding tert-OH is 1. The normalized spacial score (nSPS) is 26.0. The Balaban J connectivity index is 2.08. The summed E-state index contributed by atoms with van der Waals surface area (Å²) < 4.78 is 1.24. The molecule has 0 aromatic heterocycles. The average Bonchev–Trinajstić information content (AvgIpc) is 2.41. The van der Waals surface area contributed by atoms with Gasteiger partial charge in [0.05, 0.1) is 6.10 Å². The first-order valence-corrected chi connectivity index (χ1v) is 8.14. The summed E-state index contributed by atoms with van der Waals surface area (Å²) in [6.07, 6.45) is 5.98. The molecule has 1 N–H and O–H groups in total. The lowest BCUT2D eigenvalue weighted by atomic mass is 9.77. The highest BCUT2D eigenvalue weighted by molar-refractivity contribution is 14.1. The van der Waals surface area contributed by atoms with Crippen molar-refractivity contribution in [2.24, 2.45) is 11.8 Å². The van der Waals surface area contributed by atoms with Gasteiger partial charge in [0.2, 0.25) is 0 Å². The van der Waals surface area contributed by atoms with Gasteiger partial charge in [0.25, 0.3) is 0 Å². The molecule has 0 radical (unpaired) electrons. The fourth-order valence-electron chi connectivity index (χ4n) is 3.06. The molecule has 0 amide bonds. The zero-order chi connectivity index (χ0) is 13.1. The Morgan fingerprint density at radius 3 is 2.56 bits per heavy atom. The van der Waals surface area contributed by atoms with Crippen molar-refractivity contribution in [3.8, 4) is 0 Å². The van der Waals surface area contributed by atoms with E-state index >= 15 is 0 Å². The second-order valence-corrected chi connectivity index (χ2v) is 6.69. The largest absolute Gasteiger partial charge is 0.388 e. The summed E-state index contributed by atoms with van der Waals surface area (Å²) in [5, 5.41) is 10.6. The van der Waals surface area contributed by atoms with Crippen LogP contribution in [0.5, 0.6) is 0 Å². The number of benzene rings is 1. The number of aryl methyl sites for hydroxylation is 1. The summed E-state index contributed by atoms with van der Waals surface area (Å²) >= 11 is 2.37. The molecule has 0 spiro atoms. The van der Waals surface area contributed by atoms with Crippen molar-refractivity contribution in [2.75, 3.05) is 0 Å². The molecule has 1 atom stereocenters. The summed E-state index contributed by atoms with van der Waals surface area (Å²) in [5.74, 6) is 1.35. The van der Waals surface area contributed by atoms with Crippen LogP contribution in [0.25, 0.3) is 0 Å². The number of rotatable bonds is 3. The van der Waals surface area contributed by atoms with E-state index in [1.54, 1.807) is 0 Å². The SMILES string of the molecule is CCC1CCC(C(O)c2cccc(C)c2I)CC1. The van der Waals surface area contributed by atoms with Gasteiger partial charge in [-0.25, -0.2) is 0 Å². The highest BCUT2D eigenvalue weighted by Gasteiger charge is 2.27. The quantitative estimate of drug-likeness (QED) is 0.766. The molecule has 0 saturated heterocycles. The van der Waals surface area contributed by atoms with Crippen LogP contribution >= 0.6 is 22.6 Å². The minimum Gasteiger partial charge on any atom is -0.388 e. The molecular weight excluding hydrogens is 335 g/mol. The third-order valence-corrected chi connectivity index (χ3v) is 5.93. The third-order valence-electron chi connectivity index (χ3n) is 4.46. The minimum atomic E-state index is -0.269. The second kappa shape index (κ2) is 6.38. The Hall–Kier alpha value is -0.0900. The molecule has 1 aliphatic carbocycles. The lowest BCUT2D eigenvalue weighted by molar-refractivity contribution is 0.0723. The van der Waals surface area contributed by atoms with E-state index in [1.807, 2.05) is 0 Å². The Morgan fingerprint density at radius 1 is 1.28 bits per heavy atom. The minimum absolute atomic E-state index is 0.269. The van der Waals surface area contributed by atoms with Gasteiger partial charge in [0, 0.05) is 3.57 Å². The lowest BCUT2D eigenvalue weighted by Crippen LogP contribution is -2.21. The maximum Gasteiger partial charge on any atom is 0.0828 e. The monoisotopic (exact) mass is 358 g/mol. The predicted octanol–water partition coefficient (Wildman–Crippen LogP) is 4.85. The Labute approximate surface area is 124 Å². The average molecular weight is 358 g/mol. The summed E-state index contributed by atoms with van der Waals surface area (Å²) in [6.45, 7) is 4.40. The lowest BCUT2D eigenvalue weighted by Gasteiger charge is -2.31. The molecule has 2 heteroatoms. The van der Waals surface area contributed by atoms with Crippen LogP contribution in [0.15, 0.2) is 18.2 Å². The van der Waals surface area contributed by atoms with Crippen LogP contribution in [-0.2, 0) is 0 Å². The fourth-order valence-corrected chi connectivity index (χ4v) is 3.74. The highest BCUT2D eigenvalue weighted by Crippen LogP contribution is 2.39. The third kappa shape index (κ3) is 3.08. The summed E-state index contributed by atoms with van der Waals surface area (Å²) in [5.41, 5.74) is 2.41. The molecule has 18 heavy (non-hydrogen) atoms. The van der Waals surface area contributed by atoms with E-state index < -0.39 is 0 Å². The zero-order valence-corrected chi connectivity index (χ0v) is 13.5. The van der Waals surface area contributed by atoms with Crippen LogP contribution in [0.4, 0.5) is 0 Å². The topological polar surface area (TPSA) is 20.2 Å². The molecule has 1 saturated carbocycles. The van der Waals surface area contributed by atoms with Crippen molar-refractivity contribution in [3.63, 3.8) is 0 Å². The van der Waals surface area contributed by atoms with Crippen molar-refractivity contribution in [2.45, 2.75) is 52.1 Å². The fraction of sp³-hybridized carbons (Fsp3) is 0.625. The van der Waals surface area contributed by atoms with Gasteiger partial charge in [-0.2, -0.15) is 0 Å². The van der Waals surface area contributed by atoms with Crippen LogP contribution in [0.1, 0.15) is 56.3 Å². The molecule has 1 aromatic carbocycles. The molecule has 0 aliphatic heterocycles. The summed E-state index contributed by atoms with van der Waals surface area (Å²) in [6, 6.07) is 6.27. The van der Waals surface area contributed by atoms with E-state index in [0.29, 0.717) is 5.92 Å². The summed E-state index contributed by atoms with van der Waals surface area (Å²) in [7, 11) is 0. The molecule has 1 unspecified atom stereocenters. The van der Waals surface area contributed by atoms with E-state index in [9.17, 15) is 5.11 Å². The van der Waals surface area contributed by atoms with Gasteiger partial charge in [0.15, 0.2) is 0 Å². The van der Waals surface area contributed by atoms with Gasteiger partial charge in [-0.15, -0.1) is 0 Å². The van der Waals surface area contributed by atoms with Gasteiger partial charge in [0.1, 0.15) is 0 Å². The van der Waals surface area contributed by atoms with E-state index in [1.165, 1.54) is 41.2 Å². The maximum absolute atomic E-state index is 10.6. The van der Waals surface area contributed by atoms with E-state index in [0.717, 1.165) is 11.5 Å². The first-order valence-electron chi connectivity index (χ1n) is 7.06. The standard InChI is InChI=1S/C16H23IO/c1-3-12-7-9-13(10-8-12)16(18)14-6-4-5-11(2)15(14)17/h4-6,12-13,16,18H,3,7-10H2,1-2H3. The molecule has 0 heterocycles. The van der Waals surface area contributed by atoms with Crippen LogP contribution in [0.3, 0.4) is 0 Å². The van der Waals surface area contributed by atoms with Gasteiger partial charge >= 0.3 is 0 Å². The van der Waals surface area contributed by atoms with Crippen molar-refractivity contribution in [1.29, 1.82) is 0 Å². The molecular formula is C16H23IO. The Morgan fingerprint density at radius 2 is 1.94 bits per heavy atom. The van der Waals surface area contributed by atoms with Gasteiger partial charge in [-0.05, 0) is 65.3 Å². The molecule has 100 valence electrons. The van der Waals surface area contributed by atoms with Crippen LogP contribution in [0, 0.1) is 22.3 Å². The number of aliphatic hydroxyl groups is 1. The number of hydrogen-bond donors (Lipinski definition) is 1. The van der Waals surface area contributed by atoms with E-state index in [-0.39, 0.29) is 6.10 Å². The van der Waals surface area contributed by atoms with Gasteiger partial charge in [-0.3, -0.25) is 0 Å². The molecule has 0 bridgehead atoms. The molecule has 1 aromatic rings. The van der Waals surface area contributed by atoms with Crippen molar-refractivity contribution in [3.05, 3.63) is 32.9 Å². The van der Waals surface area contributed by atoms with Gasteiger partial charge in [-0.1, -0.05) is 44.4 Å². The summed E-state index contributed by atoms with van der Waals surface area (Å²) in [4.78, 5) is 0. The maximum atomic E-state index is 10.6. The van der Waals surface area contributed by atoms with Crippen LogP contribution in [0.2, 0.25) is 0 Å². The Bertz CT molecular complexity index is 394. The van der Waals surface area contributed by atoms with Crippen molar-refractivity contribution < 1.29 is 5.11 Å². The molecule has 2 rings (SSSR count). The van der Waals surface area contributed by atoms with E-state index in [4.69, 9.17) is 0 Å². The smallest absolute Gasteiger partial charge is 0.0828 e. The van der Waals surface area contributed by atoms with E-state index in [2.05, 4.69) is 54.6 Å². The highest BCUT2D eigenvalue weighted by atomic mass is 127. The number of hydrogen-bond acceptors (Lipinski definition) is 1. The number of halogens is 1. The Kier molecular flexibility index (Phi) is 5.07. The van der Waals surface area contributed by atoms with Crippen molar-refractivity contribution >= 4 is 22.6 Å². The van der Waals surface area contributed by atoms with Gasteiger partial charge < -0.3 is 5.11 Å². The first kappa shape index (κ1) is 14.3. The molecule has 1 aliphatic rings. The first-order chi connectivity index (χ1) is 8.63. The van der Waals surface area contributed by atoms with Crippen LogP contribution < -0.4 is 0 Å². The predicted molar refractivity (Wildman–Crippen MR) is 84.6 cm³/mol. The van der Waals surface area contributed by atoms with Crippen LogP contribution in [-0.4, -0.2) is 5.11 Å².